The molecule has 0 aliphatic heterocycles. The molecule has 1 aromatic carbocycles. The largest absolute Gasteiger partial charge is 0.435 e. The van der Waals surface area contributed by atoms with E-state index in [1.54, 1.807) is 0 Å². The molecule has 0 bridgehead atoms. The Kier molecular flexibility index (Phi) is 3.82. The number of ether oxygens (including phenoxy) is 1. The van der Waals surface area contributed by atoms with Crippen molar-refractivity contribution in [3.63, 3.8) is 0 Å². The highest BCUT2D eigenvalue weighted by Crippen LogP contribution is 2.20. The van der Waals surface area contributed by atoms with Gasteiger partial charge in [-0.15, -0.1) is 0 Å². The van der Waals surface area contributed by atoms with Crippen molar-refractivity contribution in [2.75, 3.05) is 14.1 Å². The standard InChI is InChI=1S/C9H11F2NO3S/c1-12(2)16(13,14)8-5-3-4-7(6-8)15-9(10)11/h3-6,9H,1-2H3. The third-order valence-corrected chi connectivity index (χ3v) is 3.62. The molecule has 0 aliphatic rings. The Morgan fingerprint density at radius 3 is 2.44 bits per heavy atom. The van der Waals surface area contributed by atoms with Crippen LogP contribution >= 0.6 is 0 Å². The van der Waals surface area contributed by atoms with Gasteiger partial charge in [-0.25, -0.2) is 12.7 Å². The molecule has 0 amide bonds. The van der Waals surface area contributed by atoms with Crippen LogP contribution in [0.15, 0.2) is 29.2 Å². The minimum atomic E-state index is -3.63. The van der Waals surface area contributed by atoms with Gasteiger partial charge in [0.05, 0.1) is 4.90 Å². The number of hydrogen-bond acceptors (Lipinski definition) is 3. The van der Waals surface area contributed by atoms with Gasteiger partial charge in [-0.2, -0.15) is 8.78 Å². The fourth-order valence-electron chi connectivity index (χ4n) is 1.02. The van der Waals surface area contributed by atoms with Crippen molar-refractivity contribution < 1.29 is 21.9 Å². The predicted octanol–water partition coefficient (Wildman–Crippen LogP) is 1.54. The lowest BCUT2D eigenvalue weighted by atomic mass is 10.3. The van der Waals surface area contributed by atoms with Crippen LogP contribution in [0.2, 0.25) is 0 Å². The number of benzene rings is 1. The van der Waals surface area contributed by atoms with Crippen LogP contribution in [0.1, 0.15) is 0 Å². The molecule has 7 heteroatoms. The first-order valence-electron chi connectivity index (χ1n) is 4.31. The van der Waals surface area contributed by atoms with E-state index in [-0.39, 0.29) is 10.6 Å². The van der Waals surface area contributed by atoms with Crippen LogP contribution < -0.4 is 4.74 Å². The molecule has 4 nitrogen and oxygen atoms in total. The van der Waals surface area contributed by atoms with Gasteiger partial charge in [-0.3, -0.25) is 0 Å². The number of rotatable bonds is 4. The van der Waals surface area contributed by atoms with Crippen LogP contribution in [0.5, 0.6) is 5.75 Å². The van der Waals surface area contributed by atoms with E-state index in [1.165, 1.54) is 32.3 Å². The van der Waals surface area contributed by atoms with E-state index in [2.05, 4.69) is 4.74 Å². The van der Waals surface area contributed by atoms with Gasteiger partial charge in [-0.1, -0.05) is 6.07 Å². The van der Waals surface area contributed by atoms with Crippen molar-refractivity contribution in [3.05, 3.63) is 24.3 Å². The van der Waals surface area contributed by atoms with Gasteiger partial charge in [0.2, 0.25) is 10.0 Å². The fourth-order valence-corrected chi connectivity index (χ4v) is 1.96. The van der Waals surface area contributed by atoms with Crippen molar-refractivity contribution in [1.29, 1.82) is 0 Å². The Labute approximate surface area is 92.5 Å². The van der Waals surface area contributed by atoms with Gasteiger partial charge < -0.3 is 4.74 Å². The summed E-state index contributed by atoms with van der Waals surface area (Å²) in [5.41, 5.74) is 0. The van der Waals surface area contributed by atoms with Crippen LogP contribution in [0, 0.1) is 0 Å². The average molecular weight is 251 g/mol. The van der Waals surface area contributed by atoms with Gasteiger partial charge in [0, 0.05) is 20.2 Å². The minimum absolute atomic E-state index is 0.0874. The quantitative estimate of drug-likeness (QED) is 0.815. The molecule has 0 aromatic heterocycles. The van der Waals surface area contributed by atoms with Gasteiger partial charge >= 0.3 is 6.61 Å². The highest BCUT2D eigenvalue weighted by molar-refractivity contribution is 7.89. The Morgan fingerprint density at radius 1 is 1.31 bits per heavy atom. The zero-order valence-electron chi connectivity index (χ0n) is 8.72. The summed E-state index contributed by atoms with van der Waals surface area (Å²) >= 11 is 0. The summed E-state index contributed by atoms with van der Waals surface area (Å²) in [6.07, 6.45) is 0. The maximum Gasteiger partial charge on any atom is 0.387 e. The molecular weight excluding hydrogens is 240 g/mol. The van der Waals surface area contributed by atoms with Crippen LogP contribution in [0.3, 0.4) is 0 Å². The molecule has 0 aliphatic carbocycles. The van der Waals surface area contributed by atoms with E-state index in [9.17, 15) is 17.2 Å². The molecule has 0 radical (unpaired) electrons. The Morgan fingerprint density at radius 2 is 1.94 bits per heavy atom. The molecule has 0 spiro atoms. The lowest BCUT2D eigenvalue weighted by Gasteiger charge is -2.12. The molecule has 0 saturated heterocycles. The predicted molar refractivity (Wildman–Crippen MR) is 53.9 cm³/mol. The molecule has 0 fully saturated rings. The number of sulfonamides is 1. The first-order valence-corrected chi connectivity index (χ1v) is 5.75. The Hall–Kier alpha value is -1.21. The second-order valence-corrected chi connectivity index (χ2v) is 5.29. The smallest absolute Gasteiger partial charge is 0.387 e. The van der Waals surface area contributed by atoms with E-state index in [4.69, 9.17) is 0 Å². The molecule has 0 saturated carbocycles. The molecule has 0 N–H and O–H groups in total. The third-order valence-electron chi connectivity index (χ3n) is 1.81. The molecule has 90 valence electrons. The summed E-state index contributed by atoms with van der Waals surface area (Å²) in [6, 6.07) is 4.98. The molecule has 1 aromatic rings. The van der Waals surface area contributed by atoms with E-state index in [1.807, 2.05) is 0 Å². The van der Waals surface area contributed by atoms with Crippen molar-refractivity contribution in [2.45, 2.75) is 11.5 Å². The first kappa shape index (κ1) is 12.9. The zero-order valence-corrected chi connectivity index (χ0v) is 9.54. The second-order valence-electron chi connectivity index (χ2n) is 3.14. The summed E-state index contributed by atoms with van der Waals surface area (Å²) < 4.78 is 52.3. The molecule has 16 heavy (non-hydrogen) atoms. The van der Waals surface area contributed by atoms with Crippen molar-refractivity contribution >= 4 is 10.0 Å². The lowest BCUT2D eigenvalue weighted by Crippen LogP contribution is -2.22. The lowest BCUT2D eigenvalue weighted by molar-refractivity contribution is -0.0499. The first-order chi connectivity index (χ1) is 7.34. The Balaban J connectivity index is 3.08. The van der Waals surface area contributed by atoms with E-state index < -0.39 is 16.6 Å². The molecule has 0 atom stereocenters. The zero-order chi connectivity index (χ0) is 12.3. The van der Waals surface area contributed by atoms with Crippen LogP contribution in [-0.4, -0.2) is 33.4 Å². The fraction of sp³-hybridized carbons (Fsp3) is 0.333. The SMILES string of the molecule is CN(C)S(=O)(=O)c1cccc(OC(F)F)c1. The topological polar surface area (TPSA) is 46.6 Å². The van der Waals surface area contributed by atoms with E-state index >= 15 is 0 Å². The van der Waals surface area contributed by atoms with E-state index in [0.29, 0.717) is 0 Å². The van der Waals surface area contributed by atoms with Crippen molar-refractivity contribution in [3.8, 4) is 5.75 Å². The number of nitrogens with zero attached hydrogens (tertiary/aromatic N) is 1. The van der Waals surface area contributed by atoms with E-state index in [0.717, 1.165) is 10.4 Å². The van der Waals surface area contributed by atoms with Crippen molar-refractivity contribution in [2.24, 2.45) is 0 Å². The highest BCUT2D eigenvalue weighted by Gasteiger charge is 2.18. The monoisotopic (exact) mass is 251 g/mol. The molecule has 1 rings (SSSR count). The average Bonchev–Trinajstić information content (AvgIpc) is 2.16. The molecular formula is C9H11F2NO3S. The number of hydrogen-bond donors (Lipinski definition) is 0. The van der Waals surface area contributed by atoms with Gasteiger partial charge in [0.25, 0.3) is 0 Å². The second kappa shape index (κ2) is 4.75. The van der Waals surface area contributed by atoms with Crippen LogP contribution in [0.25, 0.3) is 0 Å². The summed E-state index contributed by atoms with van der Waals surface area (Å²) in [5.74, 6) is -0.182. The van der Waals surface area contributed by atoms with Crippen LogP contribution in [0.4, 0.5) is 8.78 Å². The minimum Gasteiger partial charge on any atom is -0.435 e. The molecule has 0 heterocycles. The third kappa shape index (κ3) is 2.89. The maximum atomic E-state index is 11.9. The highest BCUT2D eigenvalue weighted by atomic mass is 32.2. The summed E-state index contributed by atoms with van der Waals surface area (Å²) in [5, 5.41) is 0. The van der Waals surface area contributed by atoms with Gasteiger partial charge in [0.1, 0.15) is 5.75 Å². The normalized spacial score (nSPS) is 12.1. The van der Waals surface area contributed by atoms with Crippen molar-refractivity contribution in [1.82, 2.24) is 4.31 Å². The summed E-state index contributed by atoms with van der Waals surface area (Å²) in [4.78, 5) is -0.0874. The number of halogens is 2. The van der Waals surface area contributed by atoms with Gasteiger partial charge in [0.15, 0.2) is 0 Å². The van der Waals surface area contributed by atoms with Crippen LogP contribution in [-0.2, 0) is 10.0 Å². The maximum absolute atomic E-state index is 11.9. The Bertz CT molecular complexity index is 460. The summed E-state index contributed by atoms with van der Waals surface area (Å²) in [6.45, 7) is -2.97. The molecule has 0 unspecified atom stereocenters. The number of alkyl halides is 2. The summed E-state index contributed by atoms with van der Waals surface area (Å²) in [7, 11) is -0.913. The van der Waals surface area contributed by atoms with Gasteiger partial charge in [-0.05, 0) is 12.1 Å².